The van der Waals surface area contributed by atoms with Gasteiger partial charge < -0.3 is 14.8 Å². The molecule has 122 valence electrons. The van der Waals surface area contributed by atoms with Crippen LogP contribution in [0, 0.1) is 6.92 Å². The first-order valence-corrected chi connectivity index (χ1v) is 7.53. The summed E-state index contributed by atoms with van der Waals surface area (Å²) in [6.45, 7) is 6.74. The lowest BCUT2D eigenvalue weighted by molar-refractivity contribution is -0.146. The fourth-order valence-electron chi connectivity index (χ4n) is 1.72. The lowest BCUT2D eigenvalue weighted by atomic mass is 10.1. The molecule has 1 aromatic rings. The summed E-state index contributed by atoms with van der Waals surface area (Å²) in [6, 6.07) is -0.609. The van der Waals surface area contributed by atoms with E-state index in [1.807, 2.05) is 0 Å². The molecular formula is C14H20N2O5S. The Balaban J connectivity index is 2.86. The number of nitrogens with one attached hydrogen (secondary N) is 2. The molecule has 0 aliphatic carbocycles. The van der Waals surface area contributed by atoms with Gasteiger partial charge in [0, 0.05) is 0 Å². The molecule has 0 saturated carbocycles. The summed E-state index contributed by atoms with van der Waals surface area (Å²) in [5.74, 6) is -1.07. The molecule has 7 nitrogen and oxygen atoms in total. The Morgan fingerprint density at radius 1 is 1.32 bits per heavy atom. The van der Waals surface area contributed by atoms with Gasteiger partial charge in [0.25, 0.3) is 0 Å². The van der Waals surface area contributed by atoms with Gasteiger partial charge in [0.05, 0.1) is 19.3 Å². The molecule has 1 aromatic heterocycles. The molecule has 2 amide bonds. The molecule has 8 heteroatoms. The average molecular weight is 328 g/mol. The highest BCUT2D eigenvalue weighted by molar-refractivity contribution is 7.15. The minimum atomic E-state index is -1.19. The van der Waals surface area contributed by atoms with Crippen molar-refractivity contribution in [2.45, 2.75) is 33.2 Å². The van der Waals surface area contributed by atoms with Crippen LogP contribution in [0.5, 0.6) is 0 Å². The third-order valence-corrected chi connectivity index (χ3v) is 3.82. The number of rotatable bonds is 5. The van der Waals surface area contributed by atoms with Crippen LogP contribution in [-0.2, 0) is 14.3 Å². The molecule has 0 bridgehead atoms. The number of esters is 2. The normalized spacial score (nSPS) is 10.8. The zero-order valence-corrected chi connectivity index (χ0v) is 14.1. The van der Waals surface area contributed by atoms with Gasteiger partial charge in [0.1, 0.15) is 10.5 Å². The van der Waals surface area contributed by atoms with Gasteiger partial charge in [-0.05, 0) is 38.6 Å². The lowest BCUT2D eigenvalue weighted by Crippen LogP contribution is -2.51. The quantitative estimate of drug-likeness (QED) is 0.809. The van der Waals surface area contributed by atoms with Crippen LogP contribution in [-0.4, -0.2) is 37.2 Å². The van der Waals surface area contributed by atoms with Crippen molar-refractivity contribution < 1.29 is 23.9 Å². The molecule has 0 spiro atoms. The van der Waals surface area contributed by atoms with Crippen molar-refractivity contribution in [1.29, 1.82) is 0 Å². The second-order valence-electron chi connectivity index (χ2n) is 5.04. The maximum Gasteiger partial charge on any atom is 0.341 e. The summed E-state index contributed by atoms with van der Waals surface area (Å²) in [6.07, 6.45) is 0. The van der Waals surface area contributed by atoms with Crippen molar-refractivity contribution in [2.24, 2.45) is 0 Å². The third-order valence-electron chi connectivity index (χ3n) is 2.80. The van der Waals surface area contributed by atoms with Gasteiger partial charge in [0.2, 0.25) is 0 Å². The van der Waals surface area contributed by atoms with Gasteiger partial charge in [-0.25, -0.2) is 14.4 Å². The molecule has 0 atom stereocenters. The molecule has 0 saturated heterocycles. The number of hydrogen-bond acceptors (Lipinski definition) is 6. The van der Waals surface area contributed by atoms with Crippen LogP contribution in [0.15, 0.2) is 5.38 Å². The summed E-state index contributed by atoms with van der Waals surface area (Å²) < 4.78 is 9.58. The van der Waals surface area contributed by atoms with Crippen molar-refractivity contribution in [1.82, 2.24) is 5.32 Å². The molecule has 0 aliphatic rings. The summed E-state index contributed by atoms with van der Waals surface area (Å²) in [7, 11) is 1.24. The van der Waals surface area contributed by atoms with Crippen LogP contribution in [0.25, 0.3) is 0 Å². The summed E-state index contributed by atoms with van der Waals surface area (Å²) in [4.78, 5) is 35.5. The van der Waals surface area contributed by atoms with E-state index >= 15 is 0 Å². The molecule has 0 fully saturated rings. The molecule has 1 heterocycles. The number of urea groups is 1. The highest BCUT2D eigenvalue weighted by Crippen LogP contribution is 2.28. The van der Waals surface area contributed by atoms with Crippen molar-refractivity contribution >= 4 is 34.3 Å². The van der Waals surface area contributed by atoms with Crippen LogP contribution in [0.4, 0.5) is 9.80 Å². The average Bonchev–Trinajstić information content (AvgIpc) is 2.78. The second kappa shape index (κ2) is 7.26. The smallest absolute Gasteiger partial charge is 0.341 e. The number of methoxy groups -OCH3 is 1. The van der Waals surface area contributed by atoms with Crippen molar-refractivity contribution in [3.05, 3.63) is 16.5 Å². The predicted molar refractivity (Wildman–Crippen MR) is 83.3 cm³/mol. The Hall–Kier alpha value is -2.09. The first-order chi connectivity index (χ1) is 10.2. The molecule has 22 heavy (non-hydrogen) atoms. The number of thiophene rings is 1. The van der Waals surface area contributed by atoms with Crippen LogP contribution >= 0.6 is 11.3 Å². The summed E-state index contributed by atoms with van der Waals surface area (Å²) in [5.41, 5.74) is -0.154. The topological polar surface area (TPSA) is 93.7 Å². The van der Waals surface area contributed by atoms with Crippen molar-refractivity contribution in [3.63, 3.8) is 0 Å². The maximum absolute atomic E-state index is 12.0. The number of hydrogen-bond donors (Lipinski definition) is 2. The zero-order chi connectivity index (χ0) is 16.9. The number of aryl methyl sites for hydroxylation is 1. The van der Waals surface area contributed by atoms with Crippen LogP contribution in [0.3, 0.4) is 0 Å². The number of ether oxygens (including phenoxy) is 2. The molecule has 0 radical (unpaired) electrons. The monoisotopic (exact) mass is 328 g/mol. The lowest BCUT2D eigenvalue weighted by Gasteiger charge is -2.23. The highest BCUT2D eigenvalue weighted by Gasteiger charge is 2.31. The Morgan fingerprint density at radius 2 is 1.95 bits per heavy atom. The minimum absolute atomic E-state index is 0.245. The Bertz CT molecular complexity index is 580. The Morgan fingerprint density at radius 3 is 2.50 bits per heavy atom. The van der Waals surface area contributed by atoms with E-state index in [1.54, 1.807) is 19.2 Å². The van der Waals surface area contributed by atoms with E-state index in [0.29, 0.717) is 16.1 Å². The number of carbonyl (C=O) groups excluding carboxylic acids is 3. The number of anilines is 1. The Labute approximate surface area is 133 Å². The first-order valence-electron chi connectivity index (χ1n) is 6.65. The van der Waals surface area contributed by atoms with E-state index in [0.717, 1.165) is 0 Å². The van der Waals surface area contributed by atoms with Gasteiger partial charge in [-0.2, -0.15) is 0 Å². The largest absolute Gasteiger partial charge is 0.467 e. The van der Waals surface area contributed by atoms with Crippen LogP contribution in [0.2, 0.25) is 0 Å². The van der Waals surface area contributed by atoms with Gasteiger partial charge in [-0.15, -0.1) is 11.3 Å². The molecular weight excluding hydrogens is 308 g/mol. The van der Waals surface area contributed by atoms with Crippen molar-refractivity contribution in [3.8, 4) is 0 Å². The van der Waals surface area contributed by atoms with Crippen LogP contribution < -0.4 is 10.6 Å². The molecule has 0 aliphatic heterocycles. The fourth-order valence-corrected chi connectivity index (χ4v) is 2.64. The fraction of sp³-hybridized carbons (Fsp3) is 0.500. The van der Waals surface area contributed by atoms with E-state index in [-0.39, 0.29) is 6.61 Å². The van der Waals surface area contributed by atoms with E-state index in [2.05, 4.69) is 15.4 Å². The highest BCUT2D eigenvalue weighted by atomic mass is 32.1. The molecule has 2 N–H and O–H groups in total. The van der Waals surface area contributed by atoms with Gasteiger partial charge >= 0.3 is 18.0 Å². The van der Waals surface area contributed by atoms with E-state index in [1.165, 1.54) is 32.3 Å². The summed E-state index contributed by atoms with van der Waals surface area (Å²) in [5, 5.41) is 7.17. The van der Waals surface area contributed by atoms with E-state index < -0.39 is 23.5 Å². The number of carbonyl (C=O) groups is 3. The standard InChI is InChI=1S/C14H20N2O5S/c1-6-21-11(17)9-8(2)7-22-10(9)15-13(19)16-14(3,4)12(18)20-5/h7H,6H2,1-5H3,(H2,15,16,19). The van der Waals surface area contributed by atoms with Crippen LogP contribution in [0.1, 0.15) is 36.7 Å². The Kier molecular flexibility index (Phi) is 5.92. The maximum atomic E-state index is 12.0. The minimum Gasteiger partial charge on any atom is -0.467 e. The van der Waals surface area contributed by atoms with E-state index in [4.69, 9.17) is 4.74 Å². The second-order valence-corrected chi connectivity index (χ2v) is 5.92. The first kappa shape index (κ1) is 18.0. The summed E-state index contributed by atoms with van der Waals surface area (Å²) >= 11 is 1.21. The third kappa shape index (κ3) is 4.20. The van der Waals surface area contributed by atoms with Gasteiger partial charge in [0.15, 0.2) is 0 Å². The zero-order valence-electron chi connectivity index (χ0n) is 13.2. The van der Waals surface area contributed by atoms with Gasteiger partial charge in [-0.1, -0.05) is 0 Å². The molecule has 1 rings (SSSR count). The van der Waals surface area contributed by atoms with Crippen molar-refractivity contribution in [2.75, 3.05) is 19.0 Å². The van der Waals surface area contributed by atoms with E-state index in [9.17, 15) is 14.4 Å². The van der Waals surface area contributed by atoms with Gasteiger partial charge in [-0.3, -0.25) is 5.32 Å². The predicted octanol–water partition coefficient (Wildman–Crippen LogP) is 2.31. The SMILES string of the molecule is CCOC(=O)c1c(C)csc1NC(=O)NC(C)(C)C(=O)OC. The molecule has 0 unspecified atom stereocenters. The number of amides is 2. The molecule has 0 aromatic carbocycles.